The Morgan fingerprint density at radius 1 is 0.848 bits per heavy atom. The molecule has 3 unspecified atom stereocenters. The van der Waals surface area contributed by atoms with Crippen LogP contribution in [0.3, 0.4) is 0 Å². The predicted octanol–water partition coefficient (Wildman–Crippen LogP) is 8.48. The highest BCUT2D eigenvalue weighted by Crippen LogP contribution is 2.28. The number of carbonyl (C=O) groups is 2. The van der Waals surface area contributed by atoms with Crippen molar-refractivity contribution in [2.75, 3.05) is 0 Å². The van der Waals surface area contributed by atoms with E-state index >= 15 is 0 Å². The largest absolute Gasteiger partial charge is 0.481 e. The van der Waals surface area contributed by atoms with E-state index in [0.29, 0.717) is 6.42 Å². The Bertz CT molecular complexity index is 540. The molecular formula is C29H52O4. The molecule has 192 valence electrons. The van der Waals surface area contributed by atoms with Gasteiger partial charge in [-0.25, -0.2) is 0 Å². The van der Waals surface area contributed by atoms with Gasteiger partial charge in [-0.3, -0.25) is 9.59 Å². The quantitative estimate of drug-likeness (QED) is 0.111. The van der Waals surface area contributed by atoms with Gasteiger partial charge < -0.3 is 9.84 Å². The number of carbonyl (C=O) groups excluding carboxylic acids is 1. The smallest absolute Gasteiger partial charge is 0.313 e. The maximum Gasteiger partial charge on any atom is 0.313 e. The van der Waals surface area contributed by atoms with E-state index in [1.165, 1.54) is 77.0 Å². The van der Waals surface area contributed by atoms with Gasteiger partial charge in [0.1, 0.15) is 6.10 Å². The summed E-state index contributed by atoms with van der Waals surface area (Å²) in [4.78, 5) is 24.5. The van der Waals surface area contributed by atoms with E-state index in [0.717, 1.165) is 38.0 Å². The molecule has 0 bridgehead atoms. The Morgan fingerprint density at radius 3 is 1.88 bits per heavy atom. The first-order chi connectivity index (χ1) is 16.0. The molecule has 1 aliphatic carbocycles. The lowest BCUT2D eigenvalue weighted by Gasteiger charge is -2.26. The number of carboxylic acid groups (broad SMARTS) is 1. The number of ether oxygens (including phenoxy) is 1. The van der Waals surface area contributed by atoms with Crippen LogP contribution in [0.1, 0.15) is 136 Å². The van der Waals surface area contributed by atoms with Gasteiger partial charge in [-0.15, -0.1) is 0 Å². The Kier molecular flexibility index (Phi) is 17.1. The minimum atomic E-state index is -0.887. The van der Waals surface area contributed by atoms with E-state index in [-0.39, 0.29) is 12.1 Å². The topological polar surface area (TPSA) is 63.6 Å². The van der Waals surface area contributed by atoms with E-state index in [4.69, 9.17) is 4.74 Å². The van der Waals surface area contributed by atoms with Crippen LogP contribution in [0.25, 0.3) is 0 Å². The maximum atomic E-state index is 12.9. The van der Waals surface area contributed by atoms with Crippen LogP contribution in [0.5, 0.6) is 0 Å². The van der Waals surface area contributed by atoms with Crippen molar-refractivity contribution < 1.29 is 19.4 Å². The number of hydrogen-bond acceptors (Lipinski definition) is 3. The van der Waals surface area contributed by atoms with Crippen LogP contribution in [0.4, 0.5) is 0 Å². The zero-order valence-corrected chi connectivity index (χ0v) is 21.9. The van der Waals surface area contributed by atoms with Crippen LogP contribution in [0, 0.1) is 17.8 Å². The van der Waals surface area contributed by atoms with Crippen molar-refractivity contribution in [2.24, 2.45) is 17.8 Å². The molecule has 0 amide bonds. The molecule has 0 spiro atoms. The molecular weight excluding hydrogens is 412 g/mol. The number of rotatable bonds is 20. The zero-order chi connectivity index (χ0) is 24.3. The molecule has 0 heterocycles. The second-order valence-electron chi connectivity index (χ2n) is 10.5. The first-order valence-corrected chi connectivity index (χ1v) is 14.1. The van der Waals surface area contributed by atoms with Gasteiger partial charge >= 0.3 is 11.9 Å². The molecule has 0 aromatic heterocycles. The summed E-state index contributed by atoms with van der Waals surface area (Å²) in [5.74, 6) is -1.72. The van der Waals surface area contributed by atoms with Crippen LogP contribution in [0.2, 0.25) is 0 Å². The van der Waals surface area contributed by atoms with Crippen molar-refractivity contribution >= 4 is 11.9 Å². The van der Waals surface area contributed by atoms with E-state index in [1.54, 1.807) is 6.08 Å². The first kappa shape index (κ1) is 29.7. The predicted molar refractivity (Wildman–Crippen MR) is 137 cm³/mol. The molecule has 4 heteroatoms. The fourth-order valence-electron chi connectivity index (χ4n) is 4.82. The lowest BCUT2D eigenvalue weighted by Crippen LogP contribution is -2.33. The number of aliphatic carboxylic acids is 1. The second kappa shape index (κ2) is 19.0. The summed E-state index contributed by atoms with van der Waals surface area (Å²) in [7, 11) is 0. The van der Waals surface area contributed by atoms with Crippen molar-refractivity contribution in [2.45, 2.75) is 142 Å². The van der Waals surface area contributed by atoms with Crippen LogP contribution in [-0.4, -0.2) is 23.1 Å². The molecule has 1 rings (SSSR count). The van der Waals surface area contributed by atoms with Crippen molar-refractivity contribution in [1.29, 1.82) is 0 Å². The SMILES string of the molecule is CCCCCCCCCCC(CCCCCCCC(C)C)OC(=O)C1C=CCCC1C(=O)O. The average Bonchev–Trinajstić information content (AvgIpc) is 2.79. The van der Waals surface area contributed by atoms with E-state index in [2.05, 4.69) is 20.8 Å². The van der Waals surface area contributed by atoms with Gasteiger partial charge in [-0.05, 0) is 44.4 Å². The molecule has 0 saturated heterocycles. The van der Waals surface area contributed by atoms with E-state index < -0.39 is 17.8 Å². The molecule has 0 saturated carbocycles. The average molecular weight is 465 g/mol. The summed E-state index contributed by atoms with van der Waals surface area (Å²) in [5, 5.41) is 9.51. The lowest BCUT2D eigenvalue weighted by atomic mass is 9.84. The van der Waals surface area contributed by atoms with Gasteiger partial charge in [0, 0.05) is 0 Å². The normalized spacial score (nSPS) is 19.0. The highest BCUT2D eigenvalue weighted by Gasteiger charge is 2.35. The summed E-state index contributed by atoms with van der Waals surface area (Å²) in [6.07, 6.45) is 24.2. The third-order valence-corrected chi connectivity index (χ3v) is 6.98. The summed E-state index contributed by atoms with van der Waals surface area (Å²) >= 11 is 0. The summed E-state index contributed by atoms with van der Waals surface area (Å²) in [5.41, 5.74) is 0. The van der Waals surface area contributed by atoms with Gasteiger partial charge in [-0.2, -0.15) is 0 Å². The standard InChI is InChI=1S/C29H52O4/c1-4-5-6-7-8-9-12-15-20-25(21-16-13-10-11-14-19-24(2)3)33-29(32)27-23-18-17-22-26(27)28(30)31/h18,23-27H,4-17,19-22H2,1-3H3,(H,30,31). The van der Waals surface area contributed by atoms with Gasteiger partial charge in [-0.1, -0.05) is 110 Å². The van der Waals surface area contributed by atoms with Gasteiger partial charge in [0.2, 0.25) is 0 Å². The Hall–Kier alpha value is -1.32. The van der Waals surface area contributed by atoms with Crippen LogP contribution in [-0.2, 0) is 14.3 Å². The van der Waals surface area contributed by atoms with Crippen LogP contribution < -0.4 is 0 Å². The Balaban J connectivity index is 2.43. The fraction of sp³-hybridized carbons (Fsp3) is 0.862. The second-order valence-corrected chi connectivity index (χ2v) is 10.5. The number of allylic oxidation sites excluding steroid dienone is 1. The summed E-state index contributed by atoms with van der Waals surface area (Å²) in [6, 6.07) is 0. The molecule has 1 N–H and O–H groups in total. The molecule has 1 aliphatic rings. The minimum Gasteiger partial charge on any atom is -0.481 e. The summed E-state index contributed by atoms with van der Waals surface area (Å²) < 4.78 is 5.94. The van der Waals surface area contributed by atoms with Gasteiger partial charge in [0.15, 0.2) is 0 Å². The maximum absolute atomic E-state index is 12.9. The van der Waals surface area contributed by atoms with Crippen molar-refractivity contribution in [3.05, 3.63) is 12.2 Å². The van der Waals surface area contributed by atoms with Crippen molar-refractivity contribution in [1.82, 2.24) is 0 Å². The molecule has 0 aromatic carbocycles. The monoisotopic (exact) mass is 464 g/mol. The first-order valence-electron chi connectivity index (χ1n) is 14.1. The molecule has 33 heavy (non-hydrogen) atoms. The Morgan fingerprint density at radius 2 is 1.36 bits per heavy atom. The van der Waals surface area contributed by atoms with Crippen LogP contribution in [0.15, 0.2) is 12.2 Å². The lowest BCUT2D eigenvalue weighted by molar-refractivity contribution is -0.160. The molecule has 3 atom stereocenters. The molecule has 0 radical (unpaired) electrons. The number of carboxylic acids is 1. The highest BCUT2D eigenvalue weighted by molar-refractivity contribution is 5.83. The van der Waals surface area contributed by atoms with Crippen molar-refractivity contribution in [3.8, 4) is 0 Å². The number of esters is 1. The molecule has 0 fully saturated rings. The number of unbranched alkanes of at least 4 members (excludes halogenated alkanes) is 11. The molecule has 0 aliphatic heterocycles. The van der Waals surface area contributed by atoms with E-state index in [1.807, 2.05) is 6.08 Å². The number of hydrogen-bond donors (Lipinski definition) is 1. The molecule has 4 nitrogen and oxygen atoms in total. The minimum absolute atomic E-state index is 0.0713. The van der Waals surface area contributed by atoms with Crippen molar-refractivity contribution in [3.63, 3.8) is 0 Å². The summed E-state index contributed by atoms with van der Waals surface area (Å²) in [6.45, 7) is 6.80. The third-order valence-electron chi connectivity index (χ3n) is 6.98. The Labute approximate surface area is 203 Å². The highest BCUT2D eigenvalue weighted by atomic mass is 16.5. The van der Waals surface area contributed by atoms with Crippen LogP contribution >= 0.6 is 0 Å². The van der Waals surface area contributed by atoms with E-state index in [9.17, 15) is 14.7 Å². The molecule has 0 aromatic rings. The third kappa shape index (κ3) is 14.5. The fourth-order valence-corrected chi connectivity index (χ4v) is 4.82. The van der Waals surface area contributed by atoms with Gasteiger partial charge in [0.05, 0.1) is 11.8 Å². The zero-order valence-electron chi connectivity index (χ0n) is 21.9. The van der Waals surface area contributed by atoms with Gasteiger partial charge in [0.25, 0.3) is 0 Å².